The van der Waals surface area contributed by atoms with Gasteiger partial charge in [-0.3, -0.25) is 4.72 Å². The number of hydrogen-bond acceptors (Lipinski definition) is 4. The average molecular weight is 306 g/mol. The summed E-state index contributed by atoms with van der Waals surface area (Å²) >= 11 is 0. The molecule has 2 aromatic carbocycles. The Balaban J connectivity index is 2.38. The summed E-state index contributed by atoms with van der Waals surface area (Å²) in [7, 11) is -2.13. The van der Waals surface area contributed by atoms with E-state index in [0.29, 0.717) is 17.0 Å². The molecule has 0 fully saturated rings. The van der Waals surface area contributed by atoms with Crippen LogP contribution in [0.3, 0.4) is 0 Å². The Bertz CT molecular complexity index is 742. The lowest BCUT2D eigenvalue weighted by Crippen LogP contribution is -2.14. The molecule has 2 rings (SSSR count). The highest BCUT2D eigenvalue weighted by molar-refractivity contribution is 7.92. The molecule has 0 aliphatic rings. The van der Waals surface area contributed by atoms with Gasteiger partial charge >= 0.3 is 0 Å². The van der Waals surface area contributed by atoms with Gasteiger partial charge in [-0.15, -0.1) is 0 Å². The Morgan fingerprint density at radius 3 is 2.52 bits per heavy atom. The van der Waals surface area contributed by atoms with Gasteiger partial charge in [-0.1, -0.05) is 18.2 Å². The van der Waals surface area contributed by atoms with Crippen molar-refractivity contribution >= 4 is 15.7 Å². The van der Waals surface area contributed by atoms with Gasteiger partial charge in [-0.25, -0.2) is 8.42 Å². The number of benzene rings is 2. The van der Waals surface area contributed by atoms with E-state index >= 15 is 0 Å². The topological polar surface area (TPSA) is 81.4 Å². The number of anilines is 1. The molecular weight excluding hydrogens is 288 g/mol. The number of hydrogen-bond donors (Lipinski definition) is 2. The molecule has 0 unspecified atom stereocenters. The fourth-order valence-corrected chi connectivity index (χ4v) is 3.15. The number of nitrogens with one attached hydrogen (secondary N) is 1. The molecule has 21 heavy (non-hydrogen) atoms. The Kier molecular flexibility index (Phi) is 4.50. The fourth-order valence-electron chi connectivity index (χ4n) is 1.97. The van der Waals surface area contributed by atoms with Crippen molar-refractivity contribution in [3.63, 3.8) is 0 Å². The Hall–Kier alpha value is -2.05. The number of para-hydroxylation sites is 1. The third-order valence-electron chi connectivity index (χ3n) is 3.17. The van der Waals surface area contributed by atoms with Crippen molar-refractivity contribution in [3.05, 3.63) is 53.6 Å². The number of rotatable bonds is 5. The summed E-state index contributed by atoms with van der Waals surface area (Å²) < 4.78 is 32.6. The maximum absolute atomic E-state index is 12.4. The molecule has 2 aromatic rings. The second-order valence-electron chi connectivity index (χ2n) is 4.60. The molecule has 6 heteroatoms. The van der Waals surface area contributed by atoms with Crippen molar-refractivity contribution in [1.82, 2.24) is 0 Å². The number of ether oxygens (including phenoxy) is 1. The zero-order valence-corrected chi connectivity index (χ0v) is 12.8. The highest BCUT2D eigenvalue weighted by Gasteiger charge is 2.17. The van der Waals surface area contributed by atoms with E-state index < -0.39 is 10.0 Å². The first-order valence-corrected chi connectivity index (χ1v) is 7.91. The van der Waals surface area contributed by atoms with Crippen LogP contribution < -0.4 is 15.2 Å². The van der Waals surface area contributed by atoms with E-state index in [9.17, 15) is 8.42 Å². The number of methoxy groups -OCH3 is 1. The van der Waals surface area contributed by atoms with Crippen molar-refractivity contribution in [2.45, 2.75) is 18.4 Å². The van der Waals surface area contributed by atoms with Crippen molar-refractivity contribution < 1.29 is 13.2 Å². The van der Waals surface area contributed by atoms with E-state index in [4.69, 9.17) is 10.5 Å². The minimum Gasteiger partial charge on any atom is -0.496 e. The summed E-state index contributed by atoms with van der Waals surface area (Å²) in [6, 6.07) is 11.8. The molecule has 0 amide bonds. The first-order valence-electron chi connectivity index (χ1n) is 6.43. The van der Waals surface area contributed by atoms with Crippen LogP contribution in [0.1, 0.15) is 11.1 Å². The highest BCUT2D eigenvalue weighted by Crippen LogP contribution is 2.24. The second kappa shape index (κ2) is 6.15. The molecule has 0 aliphatic heterocycles. The van der Waals surface area contributed by atoms with Crippen LogP contribution in [0.25, 0.3) is 0 Å². The molecule has 0 saturated carbocycles. The summed E-state index contributed by atoms with van der Waals surface area (Å²) in [6.07, 6.45) is 0. The van der Waals surface area contributed by atoms with Gasteiger partial charge in [0.1, 0.15) is 5.75 Å². The predicted molar refractivity (Wildman–Crippen MR) is 82.9 cm³/mol. The highest BCUT2D eigenvalue weighted by atomic mass is 32.2. The minimum absolute atomic E-state index is 0.159. The van der Waals surface area contributed by atoms with Crippen LogP contribution in [0.15, 0.2) is 47.4 Å². The van der Waals surface area contributed by atoms with Crippen molar-refractivity contribution in [2.24, 2.45) is 5.73 Å². The number of aryl methyl sites for hydroxylation is 1. The average Bonchev–Trinajstić information content (AvgIpc) is 2.48. The van der Waals surface area contributed by atoms with Crippen LogP contribution >= 0.6 is 0 Å². The van der Waals surface area contributed by atoms with Crippen LogP contribution in [-0.2, 0) is 16.6 Å². The molecule has 5 nitrogen and oxygen atoms in total. The van der Waals surface area contributed by atoms with E-state index in [2.05, 4.69) is 4.72 Å². The van der Waals surface area contributed by atoms with Crippen LogP contribution in [0, 0.1) is 6.92 Å². The van der Waals surface area contributed by atoms with E-state index in [0.717, 1.165) is 5.56 Å². The van der Waals surface area contributed by atoms with Gasteiger partial charge in [0.25, 0.3) is 10.0 Å². The molecule has 0 aromatic heterocycles. The molecule has 3 N–H and O–H groups in total. The zero-order chi connectivity index (χ0) is 15.5. The van der Waals surface area contributed by atoms with Crippen molar-refractivity contribution in [1.29, 1.82) is 0 Å². The molecule has 0 heterocycles. The van der Waals surface area contributed by atoms with E-state index in [1.54, 1.807) is 18.2 Å². The fraction of sp³-hybridized carbons (Fsp3) is 0.200. The minimum atomic E-state index is -3.65. The van der Waals surface area contributed by atoms with Crippen molar-refractivity contribution in [2.75, 3.05) is 11.8 Å². The lowest BCUT2D eigenvalue weighted by atomic mass is 10.2. The lowest BCUT2D eigenvalue weighted by molar-refractivity contribution is 0.409. The molecule has 0 saturated heterocycles. The molecule has 0 spiro atoms. The summed E-state index contributed by atoms with van der Waals surface area (Å²) in [5.74, 6) is 0.576. The van der Waals surface area contributed by atoms with Gasteiger partial charge in [0, 0.05) is 12.1 Å². The quantitative estimate of drug-likeness (QED) is 0.888. The molecule has 0 aliphatic carbocycles. The van der Waals surface area contributed by atoms with Gasteiger partial charge < -0.3 is 10.5 Å². The summed E-state index contributed by atoms with van der Waals surface area (Å²) in [4.78, 5) is 0.159. The van der Waals surface area contributed by atoms with Gasteiger partial charge in [-0.2, -0.15) is 0 Å². The largest absolute Gasteiger partial charge is 0.496 e. The maximum atomic E-state index is 12.4. The molecule has 112 valence electrons. The molecule has 0 atom stereocenters. The zero-order valence-electron chi connectivity index (χ0n) is 12.0. The van der Waals surface area contributed by atoms with Crippen LogP contribution in [-0.4, -0.2) is 15.5 Å². The summed E-state index contributed by atoms with van der Waals surface area (Å²) in [5.41, 5.74) is 7.68. The predicted octanol–water partition coefficient (Wildman–Crippen LogP) is 2.26. The van der Waals surface area contributed by atoms with Gasteiger partial charge in [0.05, 0.1) is 17.7 Å². The van der Waals surface area contributed by atoms with E-state index in [1.165, 1.54) is 19.2 Å². The summed E-state index contributed by atoms with van der Waals surface area (Å²) in [6.45, 7) is 2.05. The van der Waals surface area contributed by atoms with E-state index in [1.807, 2.05) is 19.1 Å². The maximum Gasteiger partial charge on any atom is 0.261 e. The first-order chi connectivity index (χ1) is 9.97. The SMILES string of the molecule is COc1ccc(S(=O)(=O)Nc2ccccc2C)cc1CN. The smallest absolute Gasteiger partial charge is 0.261 e. The first kappa shape index (κ1) is 15.3. The Labute approximate surface area is 124 Å². The second-order valence-corrected chi connectivity index (χ2v) is 6.28. The van der Waals surface area contributed by atoms with Gasteiger partial charge in [-0.05, 0) is 36.8 Å². The number of nitrogens with two attached hydrogens (primary N) is 1. The monoisotopic (exact) mass is 306 g/mol. The van der Waals surface area contributed by atoms with Gasteiger partial charge in [0.2, 0.25) is 0 Å². The normalized spacial score (nSPS) is 11.2. The van der Waals surface area contributed by atoms with Crippen LogP contribution in [0.5, 0.6) is 5.75 Å². The Morgan fingerprint density at radius 2 is 1.90 bits per heavy atom. The van der Waals surface area contributed by atoms with Crippen LogP contribution in [0.4, 0.5) is 5.69 Å². The standard InChI is InChI=1S/C15H18N2O3S/c1-11-5-3-4-6-14(11)17-21(18,19)13-7-8-15(20-2)12(9-13)10-16/h3-9,17H,10,16H2,1-2H3. The third-order valence-corrected chi connectivity index (χ3v) is 4.53. The van der Waals surface area contributed by atoms with Gasteiger partial charge in [0.15, 0.2) is 0 Å². The van der Waals surface area contributed by atoms with Crippen molar-refractivity contribution in [3.8, 4) is 5.75 Å². The Morgan fingerprint density at radius 1 is 1.19 bits per heavy atom. The molecule has 0 radical (unpaired) electrons. The number of sulfonamides is 1. The third kappa shape index (κ3) is 3.34. The molecule has 0 bridgehead atoms. The summed E-state index contributed by atoms with van der Waals surface area (Å²) in [5, 5.41) is 0. The van der Waals surface area contributed by atoms with Crippen LogP contribution in [0.2, 0.25) is 0 Å². The van der Waals surface area contributed by atoms with E-state index in [-0.39, 0.29) is 11.4 Å². The molecular formula is C15H18N2O3S. The lowest BCUT2D eigenvalue weighted by Gasteiger charge is -2.12.